The van der Waals surface area contributed by atoms with Crippen molar-refractivity contribution in [2.24, 2.45) is 11.3 Å². The molecule has 2 aliphatic rings. The fourth-order valence-electron chi connectivity index (χ4n) is 2.76. The minimum Gasteiger partial charge on any atom is -0.461 e. The third-order valence-corrected chi connectivity index (χ3v) is 4.66. The van der Waals surface area contributed by atoms with Gasteiger partial charge in [0, 0.05) is 9.84 Å². The molecule has 2 fully saturated rings. The monoisotopic (exact) mass is 308 g/mol. The van der Waals surface area contributed by atoms with E-state index in [9.17, 15) is 4.79 Å². The van der Waals surface area contributed by atoms with Gasteiger partial charge in [-0.1, -0.05) is 42.4 Å². The molecular weight excluding hydrogens is 291 g/mol. The van der Waals surface area contributed by atoms with Crippen LogP contribution in [0.15, 0.2) is 0 Å². The molecule has 1 saturated carbocycles. The Morgan fingerprint density at radius 1 is 1.50 bits per heavy atom. The van der Waals surface area contributed by atoms with Crippen LogP contribution in [0.5, 0.6) is 0 Å². The summed E-state index contributed by atoms with van der Waals surface area (Å²) in [6, 6.07) is 0. The number of halogens is 1. The predicted molar refractivity (Wildman–Crippen MR) is 63.4 cm³/mol. The number of rotatable bonds is 1. The maximum absolute atomic E-state index is 11.3. The molecule has 1 unspecified atom stereocenters. The van der Waals surface area contributed by atoms with E-state index in [1.54, 1.807) is 0 Å². The Kier molecular flexibility index (Phi) is 3.05. The van der Waals surface area contributed by atoms with Crippen molar-refractivity contribution in [3.8, 4) is 0 Å². The van der Waals surface area contributed by atoms with Crippen molar-refractivity contribution in [3.05, 3.63) is 0 Å². The summed E-state index contributed by atoms with van der Waals surface area (Å²) in [6.45, 7) is 2.31. The average molecular weight is 308 g/mol. The molecule has 0 aromatic heterocycles. The van der Waals surface area contributed by atoms with Crippen molar-refractivity contribution in [1.29, 1.82) is 0 Å². The maximum Gasteiger partial charge on any atom is 0.306 e. The van der Waals surface area contributed by atoms with Gasteiger partial charge in [-0.25, -0.2) is 0 Å². The van der Waals surface area contributed by atoms with Crippen LogP contribution in [0.1, 0.15) is 39.0 Å². The van der Waals surface area contributed by atoms with Gasteiger partial charge in [0.05, 0.1) is 6.42 Å². The van der Waals surface area contributed by atoms with Gasteiger partial charge < -0.3 is 4.74 Å². The molecule has 1 aliphatic heterocycles. The van der Waals surface area contributed by atoms with Gasteiger partial charge in [-0.15, -0.1) is 0 Å². The molecule has 1 heterocycles. The van der Waals surface area contributed by atoms with E-state index in [4.69, 9.17) is 4.74 Å². The van der Waals surface area contributed by atoms with Crippen LogP contribution in [-0.2, 0) is 9.53 Å². The van der Waals surface area contributed by atoms with Gasteiger partial charge in [-0.05, 0) is 18.8 Å². The number of alkyl halides is 1. The van der Waals surface area contributed by atoms with Gasteiger partial charge in [-0.2, -0.15) is 0 Å². The summed E-state index contributed by atoms with van der Waals surface area (Å²) >= 11 is 2.34. The van der Waals surface area contributed by atoms with Crippen LogP contribution >= 0.6 is 22.6 Å². The van der Waals surface area contributed by atoms with Crippen LogP contribution < -0.4 is 0 Å². The van der Waals surface area contributed by atoms with Crippen LogP contribution in [0.3, 0.4) is 0 Å². The lowest BCUT2D eigenvalue weighted by Crippen LogP contribution is -2.35. The molecule has 0 bridgehead atoms. The zero-order valence-corrected chi connectivity index (χ0v) is 10.7. The Hall–Kier alpha value is 0.200. The Morgan fingerprint density at radius 3 is 2.71 bits per heavy atom. The van der Waals surface area contributed by atoms with E-state index >= 15 is 0 Å². The van der Waals surface area contributed by atoms with Crippen molar-refractivity contribution >= 4 is 28.6 Å². The van der Waals surface area contributed by atoms with E-state index in [0.29, 0.717) is 6.42 Å². The lowest BCUT2D eigenvalue weighted by molar-refractivity contribution is -0.140. The highest BCUT2D eigenvalue weighted by Gasteiger charge is 2.49. The molecule has 3 heteroatoms. The summed E-state index contributed by atoms with van der Waals surface area (Å²) in [4.78, 5) is 11.3. The fraction of sp³-hybridized carbons (Fsp3) is 0.909. The molecule has 0 N–H and O–H groups in total. The van der Waals surface area contributed by atoms with Crippen LogP contribution in [0.25, 0.3) is 0 Å². The Balaban J connectivity index is 2.10. The molecule has 2 rings (SSSR count). The quantitative estimate of drug-likeness (QED) is 0.423. The number of ether oxygens (including phenoxy) is 1. The number of hydrogen-bond donors (Lipinski definition) is 0. The number of esters is 1. The van der Waals surface area contributed by atoms with Gasteiger partial charge >= 0.3 is 5.97 Å². The van der Waals surface area contributed by atoms with Crippen LogP contribution in [-0.4, -0.2) is 16.5 Å². The molecule has 1 aliphatic carbocycles. The fourth-order valence-corrected chi connectivity index (χ4v) is 3.87. The van der Waals surface area contributed by atoms with E-state index in [1.165, 1.54) is 25.7 Å². The first-order valence-electron chi connectivity index (χ1n) is 5.42. The summed E-state index contributed by atoms with van der Waals surface area (Å²) in [5.41, 5.74) is 0.213. The van der Waals surface area contributed by atoms with E-state index in [1.807, 2.05) is 0 Å². The third-order valence-electron chi connectivity index (χ3n) is 3.86. The first-order chi connectivity index (χ1) is 6.66. The number of cyclic esters (lactones) is 1. The van der Waals surface area contributed by atoms with Gasteiger partial charge in [0.1, 0.15) is 6.10 Å². The summed E-state index contributed by atoms with van der Waals surface area (Å²) in [5.74, 6) is 0.868. The van der Waals surface area contributed by atoms with Crippen LogP contribution in [0.4, 0.5) is 0 Å². The van der Waals surface area contributed by atoms with Gasteiger partial charge in [-0.3, -0.25) is 4.79 Å². The maximum atomic E-state index is 11.3. The summed E-state index contributed by atoms with van der Waals surface area (Å²) in [7, 11) is 0. The van der Waals surface area contributed by atoms with E-state index in [-0.39, 0.29) is 17.5 Å². The molecule has 0 aromatic carbocycles. The molecular formula is C11H17IO2. The van der Waals surface area contributed by atoms with E-state index < -0.39 is 0 Å². The zero-order valence-electron chi connectivity index (χ0n) is 8.59. The lowest BCUT2D eigenvalue weighted by atomic mass is 9.67. The van der Waals surface area contributed by atoms with E-state index in [2.05, 4.69) is 29.5 Å². The molecule has 1 spiro atoms. The standard InChI is InChI=1S/C11H17IO2/c1-8-2-4-11(5-3-8)6-10(13)14-9(11)7-12/h8-9H,2-7H2,1H3. The normalized spacial score (nSPS) is 42.9. The van der Waals surface area contributed by atoms with Crippen molar-refractivity contribution in [1.82, 2.24) is 0 Å². The Morgan fingerprint density at radius 2 is 2.14 bits per heavy atom. The van der Waals surface area contributed by atoms with Crippen molar-refractivity contribution in [2.45, 2.75) is 45.1 Å². The van der Waals surface area contributed by atoms with Crippen molar-refractivity contribution in [2.75, 3.05) is 4.43 Å². The SMILES string of the molecule is CC1CCC2(CC1)CC(=O)OC2CI. The summed E-state index contributed by atoms with van der Waals surface area (Å²) in [6.07, 6.45) is 5.78. The van der Waals surface area contributed by atoms with Crippen LogP contribution in [0.2, 0.25) is 0 Å². The molecule has 0 amide bonds. The number of carbonyl (C=O) groups excluding carboxylic acids is 1. The molecule has 1 atom stereocenters. The Bertz CT molecular complexity index is 231. The Labute approximate surface area is 98.9 Å². The highest BCUT2D eigenvalue weighted by atomic mass is 127. The van der Waals surface area contributed by atoms with Crippen LogP contribution in [0, 0.1) is 11.3 Å². The first-order valence-corrected chi connectivity index (χ1v) is 6.94. The average Bonchev–Trinajstić information content (AvgIpc) is 2.48. The minimum absolute atomic E-state index is 0.0289. The van der Waals surface area contributed by atoms with Gasteiger partial charge in [0.2, 0.25) is 0 Å². The van der Waals surface area contributed by atoms with E-state index in [0.717, 1.165) is 10.3 Å². The minimum atomic E-state index is 0.0289. The second-order valence-electron chi connectivity index (χ2n) is 4.85. The second-order valence-corrected chi connectivity index (χ2v) is 5.74. The number of hydrogen-bond acceptors (Lipinski definition) is 2. The molecule has 2 nitrogen and oxygen atoms in total. The highest BCUT2D eigenvalue weighted by Crippen LogP contribution is 2.49. The summed E-state index contributed by atoms with van der Waals surface area (Å²) in [5, 5.41) is 0. The summed E-state index contributed by atoms with van der Waals surface area (Å²) < 4.78 is 6.35. The molecule has 0 radical (unpaired) electrons. The zero-order chi connectivity index (χ0) is 10.2. The molecule has 80 valence electrons. The smallest absolute Gasteiger partial charge is 0.306 e. The topological polar surface area (TPSA) is 26.3 Å². The van der Waals surface area contributed by atoms with Gasteiger partial charge in [0.25, 0.3) is 0 Å². The molecule has 14 heavy (non-hydrogen) atoms. The van der Waals surface area contributed by atoms with Crippen molar-refractivity contribution < 1.29 is 9.53 Å². The largest absolute Gasteiger partial charge is 0.461 e. The van der Waals surface area contributed by atoms with Crippen molar-refractivity contribution in [3.63, 3.8) is 0 Å². The first kappa shape index (κ1) is 10.7. The number of carbonyl (C=O) groups is 1. The second kappa shape index (κ2) is 3.99. The third kappa shape index (κ3) is 1.79. The van der Waals surface area contributed by atoms with Gasteiger partial charge in [0.15, 0.2) is 0 Å². The molecule has 1 saturated heterocycles. The predicted octanol–water partition coefficient (Wildman–Crippen LogP) is 2.93. The lowest BCUT2D eigenvalue weighted by Gasteiger charge is -2.37. The highest BCUT2D eigenvalue weighted by molar-refractivity contribution is 14.1. The molecule has 0 aromatic rings.